The van der Waals surface area contributed by atoms with Crippen LogP contribution < -0.4 is 0 Å². The molecule has 0 aliphatic rings. The van der Waals surface area contributed by atoms with E-state index in [0.717, 1.165) is 5.69 Å². The van der Waals surface area contributed by atoms with E-state index in [1.807, 2.05) is 6.92 Å². The van der Waals surface area contributed by atoms with Crippen molar-refractivity contribution in [3.05, 3.63) is 24.3 Å². The fraction of sp³-hybridized carbons (Fsp3) is 0.200. The van der Waals surface area contributed by atoms with Crippen LogP contribution in [-0.4, -0.2) is 9.97 Å². The Hall–Kier alpha value is 0.184. The second-order valence-electron chi connectivity index (χ2n) is 1.25. The minimum absolute atomic E-state index is 0. The molecule has 0 unspecified atom stereocenters. The number of nitrogens with zero attached hydrogens (tertiary/aromatic N) is 2. The van der Waals surface area contributed by atoms with Gasteiger partial charge < -0.3 is 6.07 Å². The number of aromatic nitrogens is 2. The van der Waals surface area contributed by atoms with E-state index in [1.165, 1.54) is 6.33 Å². The Bertz CT molecular complexity index is 140. The monoisotopic (exact) mass is 182 g/mol. The molecule has 2 nitrogen and oxygen atoms in total. The summed E-state index contributed by atoms with van der Waals surface area (Å²) in [6.45, 7) is 1.88. The fourth-order valence-electron chi connectivity index (χ4n) is 0.321. The maximum Gasteiger partial charge on any atom is 0.108 e. The third kappa shape index (κ3) is 2.48. The van der Waals surface area contributed by atoms with Crippen molar-refractivity contribution in [3.8, 4) is 0 Å². The third-order valence-electron chi connectivity index (χ3n) is 0.666. The molecule has 0 spiro atoms. The maximum atomic E-state index is 3.81. The van der Waals surface area contributed by atoms with Crippen LogP contribution in [0.5, 0.6) is 0 Å². The largest absolute Gasteiger partial charge is 0.431 e. The Balaban J connectivity index is 0.000000490. The zero-order chi connectivity index (χ0) is 5.11. The van der Waals surface area contributed by atoms with E-state index in [2.05, 4.69) is 16.0 Å². The Kier molecular flexibility index (Phi) is 4.20. The number of aryl methyl sites for hydroxylation is 1. The quantitative estimate of drug-likeness (QED) is 0.548. The van der Waals surface area contributed by atoms with Crippen LogP contribution in [0.2, 0.25) is 0 Å². The summed E-state index contributed by atoms with van der Waals surface area (Å²) < 4.78 is 0. The van der Waals surface area contributed by atoms with Crippen LogP contribution in [0, 0.1) is 13.0 Å². The first-order valence-corrected chi connectivity index (χ1v) is 2.04. The molecule has 0 saturated heterocycles. The molecular weight excluding hydrogens is 177 g/mol. The Morgan fingerprint density at radius 1 is 1.62 bits per heavy atom. The van der Waals surface area contributed by atoms with Crippen molar-refractivity contribution in [1.82, 2.24) is 9.97 Å². The smallest absolute Gasteiger partial charge is 0.108 e. The predicted molar refractivity (Wildman–Crippen MR) is 25.6 cm³/mol. The molecular formula is C5H5N2Y-. The van der Waals surface area contributed by atoms with E-state index >= 15 is 0 Å². The van der Waals surface area contributed by atoms with E-state index in [4.69, 9.17) is 0 Å². The normalized spacial score (nSPS) is 7.62. The fourth-order valence-corrected chi connectivity index (χ4v) is 0.321. The Labute approximate surface area is 73.6 Å². The number of hydrogen-bond acceptors (Lipinski definition) is 2. The van der Waals surface area contributed by atoms with Crippen molar-refractivity contribution in [3.63, 3.8) is 0 Å². The van der Waals surface area contributed by atoms with Crippen LogP contribution in [-0.2, 0) is 32.7 Å². The van der Waals surface area contributed by atoms with E-state index < -0.39 is 0 Å². The molecule has 8 heavy (non-hydrogen) atoms. The molecule has 39 valence electrons. The van der Waals surface area contributed by atoms with Crippen molar-refractivity contribution in [2.45, 2.75) is 6.92 Å². The standard InChI is InChI=1S/C5H5N2.Y/c1-5-2-3-6-4-7-5;/h3-4H,1H3;/q-1;. The maximum absolute atomic E-state index is 3.81. The molecule has 0 N–H and O–H groups in total. The summed E-state index contributed by atoms with van der Waals surface area (Å²) >= 11 is 0. The molecule has 0 saturated carbocycles. The van der Waals surface area contributed by atoms with Gasteiger partial charge in [-0.05, 0) is 0 Å². The van der Waals surface area contributed by atoms with Gasteiger partial charge in [0.05, 0.1) is 0 Å². The third-order valence-corrected chi connectivity index (χ3v) is 0.666. The van der Waals surface area contributed by atoms with E-state index in [0.29, 0.717) is 0 Å². The van der Waals surface area contributed by atoms with E-state index in [-0.39, 0.29) is 32.7 Å². The van der Waals surface area contributed by atoms with Crippen LogP contribution in [0.15, 0.2) is 12.5 Å². The first-order valence-electron chi connectivity index (χ1n) is 2.04. The summed E-state index contributed by atoms with van der Waals surface area (Å²) in [5.41, 5.74) is 0.884. The minimum Gasteiger partial charge on any atom is -0.431 e. The minimum atomic E-state index is 0. The zero-order valence-corrected chi connectivity index (χ0v) is 7.46. The van der Waals surface area contributed by atoms with Crippen molar-refractivity contribution in [2.24, 2.45) is 0 Å². The summed E-state index contributed by atoms with van der Waals surface area (Å²) in [5, 5.41) is 0. The summed E-state index contributed by atoms with van der Waals surface area (Å²) in [6, 6.07) is 2.81. The first kappa shape index (κ1) is 8.18. The van der Waals surface area contributed by atoms with Crippen LogP contribution in [0.3, 0.4) is 0 Å². The molecule has 3 heteroatoms. The van der Waals surface area contributed by atoms with Crippen LogP contribution in [0.25, 0.3) is 0 Å². The van der Waals surface area contributed by atoms with Crippen LogP contribution >= 0.6 is 0 Å². The average molecular weight is 182 g/mol. The summed E-state index contributed by atoms with van der Waals surface area (Å²) in [5.74, 6) is 0. The van der Waals surface area contributed by atoms with Gasteiger partial charge in [0.25, 0.3) is 0 Å². The van der Waals surface area contributed by atoms with Crippen LogP contribution in [0.4, 0.5) is 0 Å². The van der Waals surface area contributed by atoms with Gasteiger partial charge in [-0.3, -0.25) is 9.97 Å². The van der Waals surface area contributed by atoms with Crippen molar-refractivity contribution >= 4 is 0 Å². The van der Waals surface area contributed by atoms with Crippen molar-refractivity contribution in [2.75, 3.05) is 0 Å². The van der Waals surface area contributed by atoms with E-state index in [1.54, 1.807) is 6.20 Å². The molecule has 0 bridgehead atoms. The molecule has 0 fully saturated rings. The Morgan fingerprint density at radius 2 is 2.38 bits per heavy atom. The van der Waals surface area contributed by atoms with Gasteiger partial charge in [-0.15, -0.1) is 11.9 Å². The van der Waals surface area contributed by atoms with Gasteiger partial charge in [0.2, 0.25) is 0 Å². The topological polar surface area (TPSA) is 25.8 Å². The van der Waals surface area contributed by atoms with Crippen molar-refractivity contribution < 1.29 is 32.7 Å². The number of hydrogen-bond donors (Lipinski definition) is 0. The number of rotatable bonds is 0. The summed E-state index contributed by atoms with van der Waals surface area (Å²) in [4.78, 5) is 7.49. The molecule has 0 aliphatic carbocycles. The Morgan fingerprint density at radius 3 is 2.62 bits per heavy atom. The molecule has 1 radical (unpaired) electrons. The molecule has 0 amide bonds. The van der Waals surface area contributed by atoms with Gasteiger partial charge in [-0.2, -0.15) is 0 Å². The SMILES string of the molecule is Cc1[c-]cncn1.[Y]. The molecule has 1 heterocycles. The van der Waals surface area contributed by atoms with Gasteiger partial charge in [0, 0.05) is 32.7 Å². The van der Waals surface area contributed by atoms with Gasteiger partial charge in [0.1, 0.15) is 6.33 Å². The predicted octanol–water partition coefficient (Wildman–Crippen LogP) is 0.583. The second-order valence-corrected chi connectivity index (χ2v) is 1.25. The van der Waals surface area contributed by atoms with Gasteiger partial charge in [0.15, 0.2) is 0 Å². The van der Waals surface area contributed by atoms with Gasteiger partial charge >= 0.3 is 0 Å². The first-order chi connectivity index (χ1) is 3.39. The summed E-state index contributed by atoms with van der Waals surface area (Å²) in [7, 11) is 0. The van der Waals surface area contributed by atoms with Crippen LogP contribution in [0.1, 0.15) is 5.69 Å². The molecule has 1 aromatic rings. The van der Waals surface area contributed by atoms with E-state index in [9.17, 15) is 0 Å². The molecule has 0 aliphatic heterocycles. The molecule has 0 aromatic carbocycles. The molecule has 1 aromatic heterocycles. The molecule has 0 atom stereocenters. The molecule has 1 rings (SSSR count). The van der Waals surface area contributed by atoms with Gasteiger partial charge in [-0.1, -0.05) is 6.92 Å². The van der Waals surface area contributed by atoms with Gasteiger partial charge in [-0.25, -0.2) is 0 Å². The summed E-state index contributed by atoms with van der Waals surface area (Å²) in [6.07, 6.45) is 3.11. The zero-order valence-electron chi connectivity index (χ0n) is 4.63. The average Bonchev–Trinajstić information content (AvgIpc) is 1.69. The van der Waals surface area contributed by atoms with Crippen molar-refractivity contribution in [1.29, 1.82) is 0 Å². The second kappa shape index (κ2) is 4.10.